The average Bonchev–Trinajstić information content (AvgIpc) is 2.55. The highest BCUT2D eigenvalue weighted by Gasteiger charge is 2.15. The molecule has 0 fully saturated rings. The number of hydrogen-bond acceptors (Lipinski definition) is 3. The van der Waals surface area contributed by atoms with E-state index in [1.165, 1.54) is 24.3 Å². The largest absolute Gasteiger partial charge is 0.493 e. The first kappa shape index (κ1) is 18.4. The van der Waals surface area contributed by atoms with E-state index in [9.17, 15) is 9.18 Å². The van der Waals surface area contributed by atoms with E-state index in [-0.39, 0.29) is 16.8 Å². The number of rotatable bonds is 5. The van der Waals surface area contributed by atoms with E-state index in [0.29, 0.717) is 23.6 Å². The minimum absolute atomic E-state index is 0.119. The third kappa shape index (κ3) is 5.28. The predicted molar refractivity (Wildman–Crippen MR) is 100 cm³/mol. The Bertz CT molecular complexity index is 738. The third-order valence-corrected chi connectivity index (χ3v) is 3.67. The first-order valence-electron chi connectivity index (χ1n) is 7.30. The number of nitrogens with one attached hydrogen (secondary N) is 2. The average molecular weight is 411 g/mol. The van der Waals surface area contributed by atoms with Crippen molar-refractivity contribution in [2.75, 3.05) is 11.9 Å². The Hall–Kier alpha value is -1.99. The number of amides is 1. The van der Waals surface area contributed by atoms with Crippen LogP contribution < -0.4 is 15.4 Å². The minimum Gasteiger partial charge on any atom is -0.493 e. The molecule has 0 aliphatic heterocycles. The van der Waals surface area contributed by atoms with Gasteiger partial charge in [-0.1, -0.05) is 22.9 Å². The second kappa shape index (κ2) is 8.75. The lowest BCUT2D eigenvalue weighted by atomic mass is 10.2. The molecular weight excluding hydrogens is 395 g/mol. The predicted octanol–water partition coefficient (Wildman–Crippen LogP) is 4.50. The van der Waals surface area contributed by atoms with Gasteiger partial charge in [-0.15, -0.1) is 0 Å². The lowest BCUT2D eigenvalue weighted by Crippen LogP contribution is -2.34. The first-order valence-corrected chi connectivity index (χ1v) is 8.50. The van der Waals surface area contributed by atoms with Gasteiger partial charge in [0.25, 0.3) is 5.91 Å². The normalized spacial score (nSPS) is 10.1. The van der Waals surface area contributed by atoms with Gasteiger partial charge in [0.2, 0.25) is 0 Å². The van der Waals surface area contributed by atoms with E-state index >= 15 is 0 Å². The van der Waals surface area contributed by atoms with Gasteiger partial charge >= 0.3 is 0 Å². The summed E-state index contributed by atoms with van der Waals surface area (Å²) < 4.78 is 19.2. The zero-order valence-electron chi connectivity index (χ0n) is 12.9. The van der Waals surface area contributed by atoms with E-state index in [2.05, 4.69) is 26.6 Å². The zero-order valence-corrected chi connectivity index (χ0v) is 15.3. The monoisotopic (exact) mass is 410 g/mol. The maximum atomic E-state index is 12.9. The van der Waals surface area contributed by atoms with Gasteiger partial charge in [0.1, 0.15) is 11.6 Å². The first-order chi connectivity index (χ1) is 11.5. The van der Waals surface area contributed by atoms with E-state index in [1.54, 1.807) is 18.2 Å². The summed E-state index contributed by atoms with van der Waals surface area (Å²) in [6.07, 6.45) is 0.835. The highest BCUT2D eigenvalue weighted by Crippen LogP contribution is 2.23. The summed E-state index contributed by atoms with van der Waals surface area (Å²) in [5.41, 5.74) is 0.958. The molecule has 0 aromatic heterocycles. The second-order valence-corrected chi connectivity index (χ2v) is 6.23. The Labute approximate surface area is 153 Å². The molecule has 0 heterocycles. The Kier molecular flexibility index (Phi) is 6.69. The SMILES string of the molecule is CCCOc1ccc(Br)cc1C(=O)NC(=S)Nc1ccc(F)cc1. The Balaban J connectivity index is 2.06. The molecule has 0 bridgehead atoms. The fourth-order valence-corrected chi connectivity index (χ4v) is 2.46. The summed E-state index contributed by atoms with van der Waals surface area (Å²) in [4.78, 5) is 12.4. The van der Waals surface area contributed by atoms with Crippen LogP contribution in [0, 0.1) is 5.82 Å². The maximum Gasteiger partial charge on any atom is 0.261 e. The van der Waals surface area contributed by atoms with E-state index in [4.69, 9.17) is 17.0 Å². The lowest BCUT2D eigenvalue weighted by Gasteiger charge is -2.13. The van der Waals surface area contributed by atoms with Crippen LogP contribution in [0.4, 0.5) is 10.1 Å². The molecule has 2 N–H and O–H groups in total. The molecule has 0 spiro atoms. The highest BCUT2D eigenvalue weighted by atomic mass is 79.9. The summed E-state index contributed by atoms with van der Waals surface area (Å²) in [5, 5.41) is 5.54. The minimum atomic E-state index is -0.387. The summed E-state index contributed by atoms with van der Waals surface area (Å²) >= 11 is 8.46. The molecule has 2 aromatic rings. The summed E-state index contributed by atoms with van der Waals surface area (Å²) in [6.45, 7) is 2.50. The molecule has 24 heavy (non-hydrogen) atoms. The molecule has 126 valence electrons. The van der Waals surface area contributed by atoms with Crippen molar-refractivity contribution >= 4 is 44.9 Å². The van der Waals surface area contributed by atoms with Crippen molar-refractivity contribution in [2.45, 2.75) is 13.3 Å². The van der Waals surface area contributed by atoms with Crippen LogP contribution in [0.1, 0.15) is 23.7 Å². The molecule has 2 rings (SSSR count). The molecular formula is C17H16BrFN2O2S. The van der Waals surface area contributed by atoms with Crippen molar-refractivity contribution in [3.05, 3.63) is 58.3 Å². The zero-order chi connectivity index (χ0) is 17.5. The number of ether oxygens (including phenoxy) is 1. The van der Waals surface area contributed by atoms with Crippen LogP contribution >= 0.6 is 28.1 Å². The lowest BCUT2D eigenvalue weighted by molar-refractivity contribution is 0.0973. The van der Waals surface area contributed by atoms with Crippen LogP contribution in [-0.2, 0) is 0 Å². The Morgan fingerprint density at radius 2 is 1.96 bits per heavy atom. The summed E-state index contributed by atoms with van der Waals surface area (Å²) in [7, 11) is 0. The molecule has 0 aliphatic rings. The smallest absolute Gasteiger partial charge is 0.261 e. The maximum absolute atomic E-state index is 12.9. The molecule has 0 radical (unpaired) electrons. The summed E-state index contributed by atoms with van der Waals surface area (Å²) in [6, 6.07) is 10.9. The van der Waals surface area contributed by atoms with Crippen molar-refractivity contribution < 1.29 is 13.9 Å². The van der Waals surface area contributed by atoms with E-state index < -0.39 is 0 Å². The van der Waals surface area contributed by atoms with Gasteiger partial charge in [0.15, 0.2) is 5.11 Å². The second-order valence-electron chi connectivity index (χ2n) is 4.90. The molecule has 0 aliphatic carbocycles. The van der Waals surface area contributed by atoms with Gasteiger partial charge < -0.3 is 10.1 Å². The fraction of sp³-hybridized carbons (Fsp3) is 0.176. The van der Waals surface area contributed by atoms with Crippen LogP contribution in [0.5, 0.6) is 5.75 Å². The van der Waals surface area contributed by atoms with Crippen LogP contribution in [0.15, 0.2) is 46.9 Å². The van der Waals surface area contributed by atoms with Crippen molar-refractivity contribution in [1.82, 2.24) is 5.32 Å². The van der Waals surface area contributed by atoms with Gasteiger partial charge in [-0.25, -0.2) is 4.39 Å². The Morgan fingerprint density at radius 1 is 1.25 bits per heavy atom. The van der Waals surface area contributed by atoms with Crippen molar-refractivity contribution in [1.29, 1.82) is 0 Å². The van der Waals surface area contributed by atoms with Gasteiger partial charge in [0, 0.05) is 10.2 Å². The Morgan fingerprint density at radius 3 is 2.62 bits per heavy atom. The van der Waals surface area contributed by atoms with Gasteiger partial charge in [-0.05, 0) is 61.1 Å². The van der Waals surface area contributed by atoms with Gasteiger partial charge in [-0.2, -0.15) is 0 Å². The van der Waals surface area contributed by atoms with E-state index in [1.807, 2.05) is 6.92 Å². The van der Waals surface area contributed by atoms with Crippen LogP contribution in [0.3, 0.4) is 0 Å². The van der Waals surface area contributed by atoms with Crippen LogP contribution in [0.2, 0.25) is 0 Å². The molecule has 0 saturated carbocycles. The van der Waals surface area contributed by atoms with Crippen LogP contribution in [-0.4, -0.2) is 17.6 Å². The molecule has 0 unspecified atom stereocenters. The van der Waals surface area contributed by atoms with Crippen molar-refractivity contribution in [3.8, 4) is 5.75 Å². The quantitative estimate of drug-likeness (QED) is 0.712. The van der Waals surface area contributed by atoms with Gasteiger partial charge in [0.05, 0.1) is 12.2 Å². The molecule has 2 aromatic carbocycles. The van der Waals surface area contributed by atoms with Crippen LogP contribution in [0.25, 0.3) is 0 Å². The standard InChI is InChI=1S/C17H16BrFN2O2S/c1-2-9-23-15-8-3-11(18)10-14(15)16(22)21-17(24)20-13-6-4-12(19)5-7-13/h3-8,10H,2,9H2,1H3,(H2,20,21,22,24). The third-order valence-electron chi connectivity index (χ3n) is 2.98. The van der Waals surface area contributed by atoms with Gasteiger partial charge in [-0.3, -0.25) is 10.1 Å². The number of carbonyl (C=O) groups excluding carboxylic acids is 1. The number of carbonyl (C=O) groups is 1. The summed E-state index contributed by atoms with van der Waals surface area (Å²) in [5.74, 6) is -0.244. The molecule has 7 heteroatoms. The topological polar surface area (TPSA) is 50.4 Å². The number of anilines is 1. The van der Waals surface area contributed by atoms with Crippen molar-refractivity contribution in [2.24, 2.45) is 0 Å². The number of thiocarbonyl (C=S) groups is 1. The van der Waals surface area contributed by atoms with E-state index in [0.717, 1.165) is 10.9 Å². The molecule has 4 nitrogen and oxygen atoms in total. The molecule has 0 atom stereocenters. The fourth-order valence-electron chi connectivity index (χ4n) is 1.88. The number of halogens is 2. The van der Waals surface area contributed by atoms with Crippen molar-refractivity contribution in [3.63, 3.8) is 0 Å². The molecule has 1 amide bonds. The number of benzene rings is 2. The molecule has 0 saturated heterocycles. The highest BCUT2D eigenvalue weighted by molar-refractivity contribution is 9.10. The number of hydrogen-bond donors (Lipinski definition) is 2.